The van der Waals surface area contributed by atoms with Gasteiger partial charge in [0.05, 0.1) is 7.11 Å². The van der Waals surface area contributed by atoms with E-state index in [0.717, 1.165) is 0 Å². The number of carbonyl (C=O) groups is 1. The van der Waals surface area contributed by atoms with Crippen LogP contribution in [0.25, 0.3) is 0 Å². The van der Waals surface area contributed by atoms with Crippen molar-refractivity contribution in [1.29, 1.82) is 0 Å². The second-order valence-corrected chi connectivity index (χ2v) is 4.83. The van der Waals surface area contributed by atoms with Gasteiger partial charge in [-0.3, -0.25) is 0 Å². The lowest BCUT2D eigenvalue weighted by Crippen LogP contribution is -2.53. The third-order valence-electron chi connectivity index (χ3n) is 3.43. The van der Waals surface area contributed by atoms with Gasteiger partial charge in [-0.2, -0.15) is 13.2 Å². The van der Waals surface area contributed by atoms with E-state index in [1.807, 2.05) is 0 Å². The number of cyclic esters (lactones) is 1. The number of hydrogen-bond donors (Lipinski definition) is 0. The molecule has 4 nitrogen and oxygen atoms in total. The number of halogens is 3. The summed E-state index contributed by atoms with van der Waals surface area (Å²) in [7, 11) is 1.36. The Morgan fingerprint density at radius 1 is 1.04 bits per heavy atom. The van der Waals surface area contributed by atoms with E-state index in [1.54, 1.807) is 6.07 Å². The molecule has 0 saturated carbocycles. The normalized spacial score (nSPS) is 20.3. The lowest BCUT2D eigenvalue weighted by Gasteiger charge is -2.38. The summed E-state index contributed by atoms with van der Waals surface area (Å²) in [5.74, 6) is -4.29. The van der Waals surface area contributed by atoms with E-state index in [4.69, 9.17) is 14.2 Å². The van der Waals surface area contributed by atoms with Crippen molar-refractivity contribution in [2.75, 3.05) is 7.11 Å². The van der Waals surface area contributed by atoms with E-state index >= 15 is 0 Å². The molecule has 0 N–H and O–H groups in total. The molecule has 2 aromatic rings. The Balaban J connectivity index is 2.18. The van der Waals surface area contributed by atoms with Crippen molar-refractivity contribution in [3.63, 3.8) is 0 Å². The Hall–Kier alpha value is -2.70. The van der Waals surface area contributed by atoms with Gasteiger partial charge in [-0.05, 0) is 12.1 Å². The Labute approximate surface area is 129 Å². The maximum absolute atomic E-state index is 13.7. The molecule has 0 saturated heterocycles. The van der Waals surface area contributed by atoms with Crippen LogP contribution in [0.15, 0.2) is 48.5 Å². The lowest BCUT2D eigenvalue weighted by atomic mass is 10.0. The topological polar surface area (TPSA) is 44.8 Å². The Morgan fingerprint density at radius 3 is 2.35 bits per heavy atom. The van der Waals surface area contributed by atoms with E-state index in [1.165, 1.54) is 49.6 Å². The highest BCUT2D eigenvalue weighted by Crippen LogP contribution is 2.48. The smallest absolute Gasteiger partial charge is 0.473 e. The van der Waals surface area contributed by atoms with Gasteiger partial charge in [0, 0.05) is 11.6 Å². The molecule has 0 aromatic heterocycles. The number of ether oxygens (including phenoxy) is 3. The second kappa shape index (κ2) is 5.19. The Morgan fingerprint density at radius 2 is 1.74 bits per heavy atom. The van der Waals surface area contributed by atoms with Gasteiger partial charge in [-0.15, -0.1) is 0 Å². The monoisotopic (exact) mass is 324 g/mol. The van der Waals surface area contributed by atoms with Crippen LogP contribution >= 0.6 is 0 Å². The predicted octanol–water partition coefficient (Wildman–Crippen LogP) is 3.66. The molecule has 1 atom stereocenters. The van der Waals surface area contributed by atoms with Crippen LogP contribution in [-0.2, 0) is 10.5 Å². The van der Waals surface area contributed by atoms with E-state index in [0.29, 0.717) is 0 Å². The van der Waals surface area contributed by atoms with Crippen molar-refractivity contribution in [2.24, 2.45) is 0 Å². The maximum atomic E-state index is 13.7. The van der Waals surface area contributed by atoms with Gasteiger partial charge < -0.3 is 14.2 Å². The minimum atomic E-state index is -4.97. The molecule has 0 radical (unpaired) electrons. The first-order valence-electron chi connectivity index (χ1n) is 6.60. The first kappa shape index (κ1) is 15.2. The summed E-state index contributed by atoms with van der Waals surface area (Å²) in [4.78, 5) is 12.1. The highest BCUT2D eigenvalue weighted by Gasteiger charge is 2.65. The number of carbonyl (C=O) groups excluding carboxylic acids is 1. The average molecular weight is 324 g/mol. The molecule has 0 spiro atoms. The molecule has 3 rings (SSSR count). The fourth-order valence-corrected chi connectivity index (χ4v) is 2.30. The molecule has 1 aliphatic rings. The van der Waals surface area contributed by atoms with Crippen LogP contribution in [0.5, 0.6) is 11.5 Å². The van der Waals surface area contributed by atoms with Crippen LogP contribution in [0, 0.1) is 0 Å². The van der Waals surface area contributed by atoms with Crippen molar-refractivity contribution in [3.8, 4) is 11.5 Å². The van der Waals surface area contributed by atoms with E-state index in [-0.39, 0.29) is 22.6 Å². The SMILES string of the molecule is COc1ccc2c(c1)O[C@](c1ccccc1)(C(F)(F)F)OC2=O. The highest BCUT2D eigenvalue weighted by atomic mass is 19.4. The molecule has 1 heterocycles. The molecule has 23 heavy (non-hydrogen) atoms. The van der Waals surface area contributed by atoms with Crippen LogP contribution in [0.2, 0.25) is 0 Å². The summed E-state index contributed by atoms with van der Waals surface area (Å²) < 4.78 is 55.9. The van der Waals surface area contributed by atoms with E-state index < -0.39 is 17.9 Å². The largest absolute Gasteiger partial charge is 0.497 e. The number of rotatable bonds is 2. The molecule has 0 bridgehead atoms. The first-order chi connectivity index (χ1) is 10.9. The molecular formula is C16H11F3O4. The maximum Gasteiger partial charge on any atom is 0.473 e. The van der Waals surface area contributed by atoms with Crippen LogP contribution in [0.1, 0.15) is 15.9 Å². The predicted molar refractivity (Wildman–Crippen MR) is 73.2 cm³/mol. The summed E-state index contributed by atoms with van der Waals surface area (Å²) in [5.41, 5.74) is -0.420. The average Bonchev–Trinajstić information content (AvgIpc) is 2.53. The second-order valence-electron chi connectivity index (χ2n) is 4.83. The number of alkyl halides is 3. The van der Waals surface area contributed by atoms with Gasteiger partial charge in [0.15, 0.2) is 0 Å². The van der Waals surface area contributed by atoms with E-state index in [9.17, 15) is 18.0 Å². The van der Waals surface area contributed by atoms with Crippen LogP contribution in [-0.4, -0.2) is 19.3 Å². The van der Waals surface area contributed by atoms with E-state index in [2.05, 4.69) is 0 Å². The summed E-state index contributed by atoms with van der Waals surface area (Å²) in [6.45, 7) is 0. The van der Waals surface area contributed by atoms with Crippen LogP contribution < -0.4 is 9.47 Å². The quantitative estimate of drug-likeness (QED) is 0.791. The number of methoxy groups -OCH3 is 1. The highest BCUT2D eigenvalue weighted by molar-refractivity contribution is 5.94. The standard InChI is InChI=1S/C16H11F3O4/c1-21-11-7-8-12-13(9-11)22-15(16(17,18)19,23-14(12)20)10-5-3-2-4-6-10/h2-9H,1H3/t15-/m0/s1. The molecule has 2 aromatic carbocycles. The van der Waals surface area contributed by atoms with Crippen molar-refractivity contribution >= 4 is 5.97 Å². The van der Waals surface area contributed by atoms with Crippen molar-refractivity contribution in [2.45, 2.75) is 12.0 Å². The number of fused-ring (bicyclic) bond motifs is 1. The van der Waals surface area contributed by atoms with Gasteiger partial charge >= 0.3 is 17.9 Å². The fourth-order valence-electron chi connectivity index (χ4n) is 2.30. The van der Waals surface area contributed by atoms with Crippen LogP contribution in [0.4, 0.5) is 13.2 Å². The van der Waals surface area contributed by atoms with Crippen molar-refractivity contribution < 1.29 is 32.2 Å². The molecule has 120 valence electrons. The van der Waals surface area contributed by atoms with Gasteiger partial charge in [0.1, 0.15) is 17.1 Å². The zero-order valence-corrected chi connectivity index (χ0v) is 11.9. The minimum Gasteiger partial charge on any atom is -0.497 e. The number of esters is 1. The molecule has 7 heteroatoms. The van der Waals surface area contributed by atoms with Gasteiger partial charge in [-0.25, -0.2) is 4.79 Å². The lowest BCUT2D eigenvalue weighted by molar-refractivity contribution is -0.345. The first-order valence-corrected chi connectivity index (χ1v) is 6.60. The van der Waals surface area contributed by atoms with Gasteiger partial charge in [0.2, 0.25) is 0 Å². The van der Waals surface area contributed by atoms with Crippen LogP contribution in [0.3, 0.4) is 0 Å². The van der Waals surface area contributed by atoms with Crippen molar-refractivity contribution in [3.05, 3.63) is 59.7 Å². The van der Waals surface area contributed by atoms with Crippen molar-refractivity contribution in [1.82, 2.24) is 0 Å². The van der Waals surface area contributed by atoms with Gasteiger partial charge in [0.25, 0.3) is 0 Å². The Kier molecular flexibility index (Phi) is 3.43. The molecule has 0 aliphatic carbocycles. The minimum absolute atomic E-state index is 0.0957. The molecule has 0 unspecified atom stereocenters. The summed E-state index contributed by atoms with van der Waals surface area (Å²) in [6, 6.07) is 10.7. The molecule has 0 amide bonds. The molecule has 0 fully saturated rings. The third kappa shape index (κ3) is 2.38. The number of benzene rings is 2. The van der Waals surface area contributed by atoms with Gasteiger partial charge in [-0.1, -0.05) is 30.3 Å². The third-order valence-corrected chi connectivity index (χ3v) is 3.43. The molecule has 1 aliphatic heterocycles. The summed E-state index contributed by atoms with van der Waals surface area (Å²) in [6.07, 6.45) is -4.97. The summed E-state index contributed by atoms with van der Waals surface area (Å²) >= 11 is 0. The number of hydrogen-bond acceptors (Lipinski definition) is 4. The zero-order chi connectivity index (χ0) is 16.7. The zero-order valence-electron chi connectivity index (χ0n) is 11.9. The fraction of sp³-hybridized carbons (Fsp3) is 0.188. The Bertz CT molecular complexity index is 743. The summed E-state index contributed by atoms with van der Waals surface area (Å²) in [5, 5.41) is 0. The molecular weight excluding hydrogens is 313 g/mol.